The van der Waals surface area contributed by atoms with E-state index in [1.165, 1.54) is 0 Å². The van der Waals surface area contributed by atoms with E-state index in [0.29, 0.717) is 13.2 Å². The summed E-state index contributed by atoms with van der Waals surface area (Å²) in [5.41, 5.74) is 7.69. The van der Waals surface area contributed by atoms with Crippen LogP contribution >= 0.6 is 0 Å². The number of hydrogen-bond donors (Lipinski definition) is 1. The summed E-state index contributed by atoms with van der Waals surface area (Å²) in [5.74, 6) is 1.64. The Balaban J connectivity index is 2.43. The van der Waals surface area contributed by atoms with E-state index >= 15 is 0 Å². The molecule has 0 aromatic heterocycles. The highest BCUT2D eigenvalue weighted by molar-refractivity contribution is 5.62. The van der Waals surface area contributed by atoms with E-state index in [4.69, 9.17) is 15.2 Å². The van der Waals surface area contributed by atoms with Crippen LogP contribution in [0.3, 0.4) is 0 Å². The molecule has 0 saturated heterocycles. The highest BCUT2D eigenvalue weighted by atomic mass is 16.5. The zero-order chi connectivity index (χ0) is 9.26. The van der Waals surface area contributed by atoms with Crippen LogP contribution in [0.5, 0.6) is 11.5 Å². The lowest BCUT2D eigenvalue weighted by atomic mass is 10.1. The predicted molar refractivity (Wildman–Crippen MR) is 51.2 cm³/mol. The van der Waals surface area contributed by atoms with Gasteiger partial charge in [-0.15, -0.1) is 0 Å². The SMILES string of the molecule is CCOc1ccc(N)c2c1OCC2. The van der Waals surface area contributed by atoms with Crippen LogP contribution in [0.25, 0.3) is 0 Å². The highest BCUT2D eigenvalue weighted by Gasteiger charge is 2.19. The Labute approximate surface area is 77.5 Å². The second-order valence-electron chi connectivity index (χ2n) is 2.99. The zero-order valence-corrected chi connectivity index (χ0v) is 7.67. The lowest BCUT2D eigenvalue weighted by Crippen LogP contribution is -1.96. The van der Waals surface area contributed by atoms with Gasteiger partial charge < -0.3 is 15.2 Å². The van der Waals surface area contributed by atoms with Crippen LogP contribution in [0, 0.1) is 0 Å². The van der Waals surface area contributed by atoms with Crippen LogP contribution in [0.4, 0.5) is 5.69 Å². The van der Waals surface area contributed by atoms with E-state index in [1.54, 1.807) is 0 Å². The highest BCUT2D eigenvalue weighted by Crippen LogP contribution is 2.38. The molecular formula is C10H13NO2. The van der Waals surface area contributed by atoms with E-state index in [1.807, 2.05) is 19.1 Å². The van der Waals surface area contributed by atoms with Gasteiger partial charge in [0.2, 0.25) is 0 Å². The molecule has 0 aliphatic carbocycles. The minimum absolute atomic E-state index is 0.652. The van der Waals surface area contributed by atoms with Crippen molar-refractivity contribution < 1.29 is 9.47 Å². The Hall–Kier alpha value is -1.38. The average molecular weight is 179 g/mol. The third-order valence-electron chi connectivity index (χ3n) is 2.16. The van der Waals surface area contributed by atoms with Crippen LogP contribution in [0.15, 0.2) is 12.1 Å². The molecule has 0 radical (unpaired) electrons. The van der Waals surface area contributed by atoms with Crippen molar-refractivity contribution in [2.24, 2.45) is 0 Å². The minimum atomic E-state index is 0.652. The fourth-order valence-electron chi connectivity index (χ4n) is 1.56. The van der Waals surface area contributed by atoms with Crippen molar-refractivity contribution in [3.05, 3.63) is 17.7 Å². The van der Waals surface area contributed by atoms with Crippen molar-refractivity contribution in [3.8, 4) is 11.5 Å². The van der Waals surface area contributed by atoms with Gasteiger partial charge in [0, 0.05) is 17.7 Å². The Morgan fingerprint density at radius 1 is 1.54 bits per heavy atom. The predicted octanol–water partition coefficient (Wildman–Crippen LogP) is 1.60. The zero-order valence-electron chi connectivity index (χ0n) is 7.67. The molecule has 0 fully saturated rings. The maximum atomic E-state index is 5.80. The van der Waals surface area contributed by atoms with Crippen LogP contribution < -0.4 is 15.2 Å². The van der Waals surface area contributed by atoms with Crippen molar-refractivity contribution in [1.29, 1.82) is 0 Å². The quantitative estimate of drug-likeness (QED) is 0.701. The van der Waals surface area contributed by atoms with Gasteiger partial charge in [-0.05, 0) is 19.1 Å². The summed E-state index contributed by atoms with van der Waals surface area (Å²) in [7, 11) is 0. The largest absolute Gasteiger partial charge is 0.490 e. The molecule has 1 aliphatic rings. The summed E-state index contributed by atoms with van der Waals surface area (Å²) in [6, 6.07) is 3.74. The second-order valence-corrected chi connectivity index (χ2v) is 2.99. The lowest BCUT2D eigenvalue weighted by molar-refractivity contribution is 0.298. The molecule has 70 valence electrons. The summed E-state index contributed by atoms with van der Waals surface area (Å²) in [6.45, 7) is 3.32. The Kier molecular flexibility index (Phi) is 2.00. The molecule has 3 heteroatoms. The molecule has 0 bridgehead atoms. The first-order valence-electron chi connectivity index (χ1n) is 4.50. The van der Waals surface area contributed by atoms with E-state index < -0.39 is 0 Å². The minimum Gasteiger partial charge on any atom is -0.490 e. The van der Waals surface area contributed by atoms with Gasteiger partial charge >= 0.3 is 0 Å². The second kappa shape index (κ2) is 3.17. The van der Waals surface area contributed by atoms with E-state index in [9.17, 15) is 0 Å². The Bertz CT molecular complexity index is 323. The molecule has 0 spiro atoms. The number of nitrogen functional groups attached to an aromatic ring is 1. The van der Waals surface area contributed by atoms with Gasteiger partial charge in [0.1, 0.15) is 0 Å². The molecule has 1 aliphatic heterocycles. The Morgan fingerprint density at radius 2 is 2.38 bits per heavy atom. The normalized spacial score (nSPS) is 13.6. The van der Waals surface area contributed by atoms with Gasteiger partial charge in [-0.3, -0.25) is 0 Å². The number of anilines is 1. The van der Waals surface area contributed by atoms with Crippen molar-refractivity contribution in [1.82, 2.24) is 0 Å². The fraction of sp³-hybridized carbons (Fsp3) is 0.400. The molecule has 1 heterocycles. The molecule has 13 heavy (non-hydrogen) atoms. The van der Waals surface area contributed by atoms with Crippen molar-refractivity contribution in [2.45, 2.75) is 13.3 Å². The molecule has 1 aromatic carbocycles. The molecule has 2 N–H and O–H groups in total. The molecular weight excluding hydrogens is 166 g/mol. The van der Waals surface area contributed by atoms with Gasteiger partial charge in [-0.2, -0.15) is 0 Å². The topological polar surface area (TPSA) is 44.5 Å². The maximum absolute atomic E-state index is 5.80. The van der Waals surface area contributed by atoms with Crippen molar-refractivity contribution >= 4 is 5.69 Å². The number of rotatable bonds is 2. The summed E-state index contributed by atoms with van der Waals surface area (Å²) in [6.07, 6.45) is 0.891. The molecule has 0 unspecified atom stereocenters. The maximum Gasteiger partial charge on any atom is 0.166 e. The molecule has 3 nitrogen and oxygen atoms in total. The average Bonchev–Trinajstić information content (AvgIpc) is 2.59. The smallest absolute Gasteiger partial charge is 0.166 e. The van der Waals surface area contributed by atoms with E-state index in [0.717, 1.165) is 29.2 Å². The van der Waals surface area contributed by atoms with Crippen LogP contribution in [-0.4, -0.2) is 13.2 Å². The van der Waals surface area contributed by atoms with Gasteiger partial charge in [0.15, 0.2) is 11.5 Å². The third-order valence-corrected chi connectivity index (χ3v) is 2.16. The summed E-state index contributed by atoms with van der Waals surface area (Å²) >= 11 is 0. The lowest BCUT2D eigenvalue weighted by Gasteiger charge is -2.09. The monoisotopic (exact) mass is 179 g/mol. The number of ether oxygens (including phenoxy) is 2. The van der Waals surface area contributed by atoms with Crippen LogP contribution in [0.2, 0.25) is 0 Å². The standard InChI is InChI=1S/C10H13NO2/c1-2-12-9-4-3-8(11)7-5-6-13-10(7)9/h3-4H,2,5-6,11H2,1H3. The van der Waals surface area contributed by atoms with Crippen LogP contribution in [0.1, 0.15) is 12.5 Å². The summed E-state index contributed by atoms with van der Waals surface area (Å²) in [4.78, 5) is 0. The molecule has 2 rings (SSSR count). The van der Waals surface area contributed by atoms with Gasteiger partial charge in [0.25, 0.3) is 0 Å². The van der Waals surface area contributed by atoms with Crippen molar-refractivity contribution in [2.75, 3.05) is 18.9 Å². The molecule has 1 aromatic rings. The third kappa shape index (κ3) is 1.30. The van der Waals surface area contributed by atoms with E-state index in [2.05, 4.69) is 0 Å². The first-order valence-corrected chi connectivity index (χ1v) is 4.50. The molecule has 0 saturated carbocycles. The van der Waals surface area contributed by atoms with Gasteiger partial charge in [0.05, 0.1) is 13.2 Å². The number of fused-ring (bicyclic) bond motifs is 1. The first-order chi connectivity index (χ1) is 6.33. The van der Waals surface area contributed by atoms with Crippen molar-refractivity contribution in [3.63, 3.8) is 0 Å². The fourth-order valence-corrected chi connectivity index (χ4v) is 1.56. The first kappa shape index (κ1) is 8.23. The molecule has 0 amide bonds. The number of hydrogen-bond acceptors (Lipinski definition) is 3. The van der Waals surface area contributed by atoms with Crippen LogP contribution in [-0.2, 0) is 6.42 Å². The molecule has 0 atom stereocenters. The number of benzene rings is 1. The summed E-state index contributed by atoms with van der Waals surface area (Å²) in [5, 5.41) is 0. The van der Waals surface area contributed by atoms with Gasteiger partial charge in [-0.25, -0.2) is 0 Å². The number of nitrogens with two attached hydrogens (primary N) is 1. The summed E-state index contributed by atoms with van der Waals surface area (Å²) < 4.78 is 10.9. The Morgan fingerprint density at radius 3 is 3.15 bits per heavy atom. The van der Waals surface area contributed by atoms with E-state index in [-0.39, 0.29) is 0 Å². The van der Waals surface area contributed by atoms with Gasteiger partial charge in [-0.1, -0.05) is 0 Å².